The summed E-state index contributed by atoms with van der Waals surface area (Å²) >= 11 is 1.64. The van der Waals surface area contributed by atoms with E-state index in [0.717, 1.165) is 29.3 Å². The van der Waals surface area contributed by atoms with Gasteiger partial charge in [0.1, 0.15) is 10.8 Å². The van der Waals surface area contributed by atoms with Crippen LogP contribution in [-0.4, -0.2) is 40.7 Å². The number of rotatable bonds is 8. The van der Waals surface area contributed by atoms with Gasteiger partial charge in [0.05, 0.1) is 36.8 Å². The van der Waals surface area contributed by atoms with Crippen molar-refractivity contribution in [3.63, 3.8) is 0 Å². The van der Waals surface area contributed by atoms with E-state index in [-0.39, 0.29) is 11.9 Å². The molecule has 2 aromatic heterocycles. The maximum atomic E-state index is 13.2. The van der Waals surface area contributed by atoms with Crippen molar-refractivity contribution in [3.8, 4) is 16.3 Å². The smallest absolute Gasteiger partial charge is 0.251 e. The minimum Gasteiger partial charge on any atom is -0.493 e. The molecule has 1 aliphatic rings. The molecule has 0 bridgehead atoms. The Hall–Kier alpha value is -2.84. The minimum atomic E-state index is -0.276. The molecule has 1 aromatic carbocycles. The highest BCUT2D eigenvalue weighted by Crippen LogP contribution is 2.33. The molecule has 0 spiro atoms. The van der Waals surface area contributed by atoms with Crippen LogP contribution in [0, 0.1) is 12.8 Å². The number of aryl methyl sites for hydroxylation is 1. The molecule has 1 saturated heterocycles. The molecule has 8 heteroatoms. The molecule has 2 atom stereocenters. The number of benzene rings is 1. The summed E-state index contributed by atoms with van der Waals surface area (Å²) in [6.45, 7) is 10.1. The van der Waals surface area contributed by atoms with Crippen LogP contribution in [0.25, 0.3) is 10.6 Å². The first-order valence-corrected chi connectivity index (χ1v) is 12.1. The highest BCUT2D eigenvalue weighted by molar-refractivity contribution is 7.15. The lowest BCUT2D eigenvalue weighted by molar-refractivity contribution is 0.0938. The Morgan fingerprint density at radius 1 is 1.18 bits per heavy atom. The standard InChI is InChI=1S/C25H30N4O3S/c1-15(2)23-12-28-25(33-23)20-7-19(8-21(9-20)32-14-18-5-6-31-13-18)24(30)29-17(4)22-11-26-16(3)10-27-22/h7-12,15,17-18H,5-6,13-14H2,1-4H3,(H,29,30)/t17?,18-/m1/s1. The summed E-state index contributed by atoms with van der Waals surface area (Å²) in [6, 6.07) is 5.35. The van der Waals surface area contributed by atoms with Gasteiger partial charge in [-0.15, -0.1) is 11.3 Å². The lowest BCUT2D eigenvalue weighted by atomic mass is 10.1. The van der Waals surface area contributed by atoms with Crippen molar-refractivity contribution in [1.82, 2.24) is 20.3 Å². The van der Waals surface area contributed by atoms with Gasteiger partial charge in [-0.05, 0) is 44.4 Å². The van der Waals surface area contributed by atoms with Gasteiger partial charge in [0.2, 0.25) is 0 Å². The molecule has 1 aliphatic heterocycles. The van der Waals surface area contributed by atoms with E-state index in [4.69, 9.17) is 9.47 Å². The molecular weight excluding hydrogens is 436 g/mol. The van der Waals surface area contributed by atoms with Crippen LogP contribution in [0.1, 0.15) is 65.8 Å². The molecule has 3 heterocycles. The molecule has 3 aromatic rings. The summed E-state index contributed by atoms with van der Waals surface area (Å²) in [7, 11) is 0. The predicted octanol–water partition coefficient (Wildman–Crippen LogP) is 4.94. The molecule has 1 unspecified atom stereocenters. The second kappa shape index (κ2) is 10.4. The summed E-state index contributed by atoms with van der Waals surface area (Å²) in [5.41, 5.74) is 2.95. The van der Waals surface area contributed by atoms with Crippen LogP contribution in [0.3, 0.4) is 0 Å². The molecule has 1 amide bonds. The van der Waals surface area contributed by atoms with Gasteiger partial charge in [0.15, 0.2) is 0 Å². The zero-order valence-electron chi connectivity index (χ0n) is 19.5. The summed E-state index contributed by atoms with van der Waals surface area (Å²) in [6.07, 6.45) is 6.29. The van der Waals surface area contributed by atoms with Gasteiger partial charge in [-0.3, -0.25) is 14.8 Å². The SMILES string of the molecule is Cc1cnc(C(C)NC(=O)c2cc(OC[C@@H]3CCOC3)cc(-c3ncc(C(C)C)s3)c2)cn1. The van der Waals surface area contributed by atoms with Gasteiger partial charge < -0.3 is 14.8 Å². The van der Waals surface area contributed by atoms with E-state index in [1.165, 1.54) is 4.88 Å². The van der Waals surface area contributed by atoms with Crippen molar-refractivity contribution >= 4 is 17.2 Å². The van der Waals surface area contributed by atoms with E-state index in [1.807, 2.05) is 32.2 Å². The number of hydrogen-bond donors (Lipinski definition) is 1. The Bertz CT molecular complexity index is 1090. The predicted molar refractivity (Wildman–Crippen MR) is 129 cm³/mol. The molecule has 7 nitrogen and oxygen atoms in total. The average Bonchev–Trinajstić information content (AvgIpc) is 3.50. The van der Waals surface area contributed by atoms with Crippen molar-refractivity contribution in [2.75, 3.05) is 19.8 Å². The first-order valence-electron chi connectivity index (χ1n) is 11.3. The Morgan fingerprint density at radius 3 is 2.70 bits per heavy atom. The largest absolute Gasteiger partial charge is 0.493 e. The molecular formula is C25H30N4O3S. The van der Waals surface area contributed by atoms with Crippen LogP contribution >= 0.6 is 11.3 Å². The number of hydrogen-bond acceptors (Lipinski definition) is 7. The van der Waals surface area contributed by atoms with E-state index in [9.17, 15) is 4.79 Å². The lowest BCUT2D eigenvalue weighted by Gasteiger charge is -2.16. The molecule has 1 fully saturated rings. The van der Waals surface area contributed by atoms with Crippen molar-refractivity contribution in [1.29, 1.82) is 0 Å². The van der Waals surface area contributed by atoms with Crippen LogP contribution in [0.15, 0.2) is 36.8 Å². The summed E-state index contributed by atoms with van der Waals surface area (Å²) in [4.78, 5) is 27.6. The normalized spacial score (nSPS) is 16.7. The molecule has 0 radical (unpaired) electrons. The maximum absolute atomic E-state index is 13.2. The molecule has 4 rings (SSSR count). The summed E-state index contributed by atoms with van der Waals surface area (Å²) in [5.74, 6) is 1.24. The highest BCUT2D eigenvalue weighted by atomic mass is 32.1. The first kappa shape index (κ1) is 23.3. The highest BCUT2D eigenvalue weighted by Gasteiger charge is 2.19. The van der Waals surface area contributed by atoms with Crippen molar-refractivity contribution in [3.05, 3.63) is 58.6 Å². The topological polar surface area (TPSA) is 86.2 Å². The Morgan fingerprint density at radius 2 is 2.03 bits per heavy atom. The summed E-state index contributed by atoms with van der Waals surface area (Å²) < 4.78 is 11.5. The van der Waals surface area contributed by atoms with E-state index in [0.29, 0.717) is 42.1 Å². The number of amides is 1. The van der Waals surface area contributed by atoms with Gasteiger partial charge in [0, 0.05) is 40.9 Å². The molecule has 33 heavy (non-hydrogen) atoms. The van der Waals surface area contributed by atoms with Gasteiger partial charge in [-0.25, -0.2) is 4.98 Å². The van der Waals surface area contributed by atoms with Crippen LogP contribution in [-0.2, 0) is 4.74 Å². The third kappa shape index (κ3) is 5.94. The fourth-order valence-corrected chi connectivity index (χ4v) is 4.44. The first-order chi connectivity index (χ1) is 15.9. The number of carbonyl (C=O) groups excluding carboxylic acids is 1. The molecule has 0 saturated carbocycles. The van der Waals surface area contributed by atoms with Gasteiger partial charge in [-0.2, -0.15) is 0 Å². The van der Waals surface area contributed by atoms with Crippen molar-refractivity contribution in [2.45, 2.75) is 46.1 Å². The Kier molecular flexibility index (Phi) is 7.35. The van der Waals surface area contributed by atoms with Crippen molar-refractivity contribution in [2.24, 2.45) is 5.92 Å². The van der Waals surface area contributed by atoms with E-state index < -0.39 is 0 Å². The van der Waals surface area contributed by atoms with Gasteiger partial charge in [0.25, 0.3) is 5.91 Å². The molecule has 0 aliphatic carbocycles. The second-order valence-corrected chi connectivity index (χ2v) is 9.85. The van der Waals surface area contributed by atoms with Crippen LogP contribution in [0.2, 0.25) is 0 Å². The van der Waals surface area contributed by atoms with E-state index in [1.54, 1.807) is 29.8 Å². The van der Waals surface area contributed by atoms with Gasteiger partial charge in [-0.1, -0.05) is 13.8 Å². The number of nitrogens with zero attached hydrogens (tertiary/aromatic N) is 3. The number of aromatic nitrogens is 3. The third-order valence-electron chi connectivity index (χ3n) is 5.61. The fraction of sp³-hybridized carbons (Fsp3) is 0.440. The van der Waals surface area contributed by atoms with E-state index >= 15 is 0 Å². The van der Waals surface area contributed by atoms with Crippen molar-refractivity contribution < 1.29 is 14.3 Å². The fourth-order valence-electron chi connectivity index (χ4n) is 3.53. The Balaban J connectivity index is 1.58. The van der Waals surface area contributed by atoms with E-state index in [2.05, 4.69) is 34.1 Å². The van der Waals surface area contributed by atoms with Gasteiger partial charge >= 0.3 is 0 Å². The summed E-state index contributed by atoms with van der Waals surface area (Å²) in [5, 5.41) is 3.90. The zero-order valence-corrected chi connectivity index (χ0v) is 20.3. The number of nitrogens with one attached hydrogen (secondary N) is 1. The van der Waals surface area contributed by atoms with Crippen LogP contribution < -0.4 is 10.1 Å². The van der Waals surface area contributed by atoms with Crippen LogP contribution in [0.5, 0.6) is 5.75 Å². The number of thiazole rings is 1. The monoisotopic (exact) mass is 466 g/mol. The third-order valence-corrected chi connectivity index (χ3v) is 6.96. The average molecular weight is 467 g/mol. The minimum absolute atomic E-state index is 0.193. The zero-order chi connectivity index (χ0) is 23.4. The number of ether oxygens (including phenoxy) is 2. The molecule has 174 valence electrons. The van der Waals surface area contributed by atoms with Crippen LogP contribution in [0.4, 0.5) is 0 Å². The molecule has 1 N–H and O–H groups in total. The quantitative estimate of drug-likeness (QED) is 0.506. The maximum Gasteiger partial charge on any atom is 0.251 e. The Labute approximate surface area is 198 Å². The number of carbonyl (C=O) groups is 1. The lowest BCUT2D eigenvalue weighted by Crippen LogP contribution is -2.27. The second-order valence-electron chi connectivity index (χ2n) is 8.79.